The number of nitrogens with two attached hydrogens (primary N) is 1. The summed E-state index contributed by atoms with van der Waals surface area (Å²) < 4.78 is 15.6. The van der Waals surface area contributed by atoms with E-state index in [0.717, 1.165) is 6.42 Å². The van der Waals surface area contributed by atoms with Gasteiger partial charge in [0.25, 0.3) is 0 Å². The highest BCUT2D eigenvalue weighted by Gasteiger charge is 2.09. The third kappa shape index (κ3) is 5.61. The molecule has 1 aromatic rings. The number of anilines is 1. The molecule has 5 heteroatoms. The normalized spacial score (nSPS) is 10.2. The van der Waals surface area contributed by atoms with Gasteiger partial charge in [-0.3, -0.25) is 0 Å². The van der Waals surface area contributed by atoms with Crippen LogP contribution >= 0.6 is 0 Å². The number of rotatable bonds is 8. The number of esters is 1. The molecular formula is C14H21NO4. The zero-order chi connectivity index (χ0) is 14.1. The second-order valence-corrected chi connectivity index (χ2v) is 3.97. The number of hydrogen-bond donors (Lipinski definition) is 1. The quantitative estimate of drug-likeness (QED) is 0.444. The summed E-state index contributed by atoms with van der Waals surface area (Å²) in [7, 11) is 0. The van der Waals surface area contributed by atoms with Gasteiger partial charge in [0.1, 0.15) is 12.4 Å². The average molecular weight is 267 g/mol. The third-order valence-corrected chi connectivity index (χ3v) is 2.28. The summed E-state index contributed by atoms with van der Waals surface area (Å²) in [6.07, 6.45) is 0.945. The zero-order valence-electron chi connectivity index (χ0n) is 11.5. The lowest BCUT2D eigenvalue weighted by atomic mass is 10.2. The summed E-state index contributed by atoms with van der Waals surface area (Å²) in [5.74, 6) is 0.144. The second-order valence-electron chi connectivity index (χ2n) is 3.97. The molecule has 0 spiro atoms. The van der Waals surface area contributed by atoms with Crippen LogP contribution in [0.3, 0.4) is 0 Å². The molecule has 0 saturated carbocycles. The Morgan fingerprint density at radius 1 is 1.16 bits per heavy atom. The topological polar surface area (TPSA) is 70.8 Å². The molecule has 1 rings (SSSR count). The maximum absolute atomic E-state index is 11.8. The molecule has 0 aliphatic carbocycles. The van der Waals surface area contributed by atoms with Crippen molar-refractivity contribution in [3.63, 3.8) is 0 Å². The number of benzene rings is 1. The van der Waals surface area contributed by atoms with Crippen LogP contribution in [-0.2, 0) is 9.47 Å². The van der Waals surface area contributed by atoms with Crippen LogP contribution in [0.5, 0.6) is 5.75 Å². The smallest absolute Gasteiger partial charge is 0.338 e. The summed E-state index contributed by atoms with van der Waals surface area (Å²) in [5.41, 5.74) is 6.57. The van der Waals surface area contributed by atoms with Gasteiger partial charge >= 0.3 is 5.97 Å². The molecule has 5 nitrogen and oxygen atoms in total. The first-order valence-electron chi connectivity index (χ1n) is 6.45. The third-order valence-electron chi connectivity index (χ3n) is 2.28. The van der Waals surface area contributed by atoms with E-state index in [0.29, 0.717) is 36.8 Å². The molecule has 0 heterocycles. The van der Waals surface area contributed by atoms with Crippen molar-refractivity contribution >= 4 is 11.7 Å². The van der Waals surface area contributed by atoms with Crippen molar-refractivity contribution in [1.29, 1.82) is 0 Å². The Labute approximate surface area is 113 Å². The number of hydrogen-bond acceptors (Lipinski definition) is 5. The van der Waals surface area contributed by atoms with Crippen LogP contribution in [0.4, 0.5) is 5.69 Å². The molecule has 19 heavy (non-hydrogen) atoms. The zero-order valence-corrected chi connectivity index (χ0v) is 11.5. The predicted molar refractivity (Wildman–Crippen MR) is 73.4 cm³/mol. The number of carbonyl (C=O) groups excluding carboxylic acids is 1. The fourth-order valence-electron chi connectivity index (χ4n) is 1.51. The van der Waals surface area contributed by atoms with E-state index >= 15 is 0 Å². The highest BCUT2D eigenvalue weighted by atomic mass is 16.6. The standard InChI is InChI=1S/C14H21NO4/c1-3-5-17-6-7-19-14(16)11-8-12(15)10-13(9-11)18-4-2/h8-10H,3-7,15H2,1-2H3. The summed E-state index contributed by atoms with van der Waals surface area (Å²) in [6, 6.07) is 4.86. The van der Waals surface area contributed by atoms with Gasteiger partial charge in [0, 0.05) is 18.4 Å². The summed E-state index contributed by atoms with van der Waals surface area (Å²) >= 11 is 0. The first-order valence-corrected chi connectivity index (χ1v) is 6.45. The first-order chi connectivity index (χ1) is 9.17. The van der Waals surface area contributed by atoms with Gasteiger partial charge in [-0.2, -0.15) is 0 Å². The van der Waals surface area contributed by atoms with Crippen LogP contribution in [0, 0.1) is 0 Å². The minimum atomic E-state index is -0.423. The lowest BCUT2D eigenvalue weighted by molar-refractivity contribution is 0.0318. The van der Waals surface area contributed by atoms with Crippen LogP contribution in [0.25, 0.3) is 0 Å². The van der Waals surface area contributed by atoms with Gasteiger partial charge in [-0.25, -0.2) is 4.79 Å². The number of ether oxygens (including phenoxy) is 3. The van der Waals surface area contributed by atoms with Crippen LogP contribution in [0.2, 0.25) is 0 Å². The van der Waals surface area contributed by atoms with Gasteiger partial charge in [-0.15, -0.1) is 0 Å². The van der Waals surface area contributed by atoms with Crippen molar-refractivity contribution in [3.05, 3.63) is 23.8 Å². The lowest BCUT2D eigenvalue weighted by Gasteiger charge is -2.08. The number of carbonyl (C=O) groups is 1. The van der Waals surface area contributed by atoms with Gasteiger partial charge in [0.2, 0.25) is 0 Å². The molecule has 2 N–H and O–H groups in total. The number of nitrogen functional groups attached to an aromatic ring is 1. The van der Waals surface area contributed by atoms with E-state index in [9.17, 15) is 4.79 Å². The Morgan fingerprint density at radius 2 is 1.95 bits per heavy atom. The highest BCUT2D eigenvalue weighted by molar-refractivity contribution is 5.91. The Bertz CT molecular complexity index is 406. The van der Waals surface area contributed by atoms with E-state index < -0.39 is 5.97 Å². The molecular weight excluding hydrogens is 246 g/mol. The summed E-state index contributed by atoms with van der Waals surface area (Å²) in [6.45, 7) is 5.71. The van der Waals surface area contributed by atoms with E-state index in [2.05, 4.69) is 0 Å². The van der Waals surface area contributed by atoms with E-state index in [1.165, 1.54) is 0 Å². The SMILES string of the molecule is CCCOCCOC(=O)c1cc(N)cc(OCC)c1. The molecule has 106 valence electrons. The molecule has 0 bridgehead atoms. The Hall–Kier alpha value is -1.75. The summed E-state index contributed by atoms with van der Waals surface area (Å²) in [4.78, 5) is 11.8. The van der Waals surface area contributed by atoms with Crippen molar-refractivity contribution in [2.75, 3.05) is 32.2 Å². The molecule has 0 atom stereocenters. The van der Waals surface area contributed by atoms with Gasteiger partial charge < -0.3 is 19.9 Å². The Morgan fingerprint density at radius 3 is 2.63 bits per heavy atom. The summed E-state index contributed by atoms with van der Waals surface area (Å²) in [5, 5.41) is 0. The van der Waals surface area contributed by atoms with Crippen molar-refractivity contribution in [2.45, 2.75) is 20.3 Å². The van der Waals surface area contributed by atoms with E-state index in [1.54, 1.807) is 18.2 Å². The van der Waals surface area contributed by atoms with Crippen molar-refractivity contribution < 1.29 is 19.0 Å². The van der Waals surface area contributed by atoms with Gasteiger partial charge in [0.15, 0.2) is 0 Å². The van der Waals surface area contributed by atoms with Gasteiger partial charge in [-0.1, -0.05) is 6.92 Å². The lowest BCUT2D eigenvalue weighted by Crippen LogP contribution is -2.11. The van der Waals surface area contributed by atoms with E-state index in [-0.39, 0.29) is 6.61 Å². The molecule has 0 aromatic heterocycles. The Balaban J connectivity index is 2.51. The molecule has 0 fully saturated rings. The molecule has 0 aliphatic heterocycles. The van der Waals surface area contributed by atoms with E-state index in [1.807, 2.05) is 13.8 Å². The minimum Gasteiger partial charge on any atom is -0.494 e. The largest absolute Gasteiger partial charge is 0.494 e. The van der Waals surface area contributed by atoms with Crippen molar-refractivity contribution in [2.24, 2.45) is 0 Å². The van der Waals surface area contributed by atoms with Crippen LogP contribution in [0.1, 0.15) is 30.6 Å². The minimum absolute atomic E-state index is 0.234. The average Bonchev–Trinajstić information content (AvgIpc) is 2.38. The van der Waals surface area contributed by atoms with Crippen molar-refractivity contribution in [1.82, 2.24) is 0 Å². The second kappa shape index (κ2) is 8.37. The fourth-order valence-corrected chi connectivity index (χ4v) is 1.51. The van der Waals surface area contributed by atoms with Gasteiger partial charge in [-0.05, 0) is 25.5 Å². The maximum Gasteiger partial charge on any atom is 0.338 e. The fraction of sp³-hybridized carbons (Fsp3) is 0.500. The Kier molecular flexibility index (Phi) is 6.74. The molecule has 0 saturated heterocycles. The van der Waals surface area contributed by atoms with Crippen LogP contribution < -0.4 is 10.5 Å². The van der Waals surface area contributed by atoms with Crippen LogP contribution in [-0.4, -0.2) is 32.4 Å². The molecule has 1 aromatic carbocycles. The van der Waals surface area contributed by atoms with Crippen molar-refractivity contribution in [3.8, 4) is 5.75 Å². The molecule has 0 aliphatic rings. The molecule has 0 amide bonds. The van der Waals surface area contributed by atoms with Gasteiger partial charge in [0.05, 0.1) is 18.8 Å². The molecule has 0 unspecified atom stereocenters. The first kappa shape index (κ1) is 15.3. The van der Waals surface area contributed by atoms with Crippen LogP contribution in [0.15, 0.2) is 18.2 Å². The van der Waals surface area contributed by atoms with E-state index in [4.69, 9.17) is 19.9 Å². The maximum atomic E-state index is 11.8. The monoisotopic (exact) mass is 267 g/mol. The molecule has 0 radical (unpaired) electrons. The predicted octanol–water partition coefficient (Wildman–Crippen LogP) is 2.25. The highest BCUT2D eigenvalue weighted by Crippen LogP contribution is 2.19.